The van der Waals surface area contributed by atoms with Crippen LogP contribution in [0.15, 0.2) is 194 Å². The lowest BCUT2D eigenvalue weighted by atomic mass is 9.94. The van der Waals surface area contributed by atoms with Gasteiger partial charge in [0.2, 0.25) is 5.95 Å². The molecule has 2 heterocycles. The lowest BCUT2D eigenvalue weighted by molar-refractivity contribution is 0.953. The normalized spacial score (nSPS) is 11.6. The molecule has 0 saturated heterocycles. The van der Waals surface area contributed by atoms with Gasteiger partial charge in [-0.3, -0.25) is 4.57 Å². The second kappa shape index (κ2) is 12.6. The number of benzene rings is 9. The summed E-state index contributed by atoms with van der Waals surface area (Å²) >= 11 is 0. The van der Waals surface area contributed by atoms with Gasteiger partial charge in [0, 0.05) is 21.9 Å². The zero-order valence-corrected chi connectivity index (χ0v) is 29.8. The highest BCUT2D eigenvalue weighted by Gasteiger charge is 2.19. The number of hydrogen-bond donors (Lipinski definition) is 0. The highest BCUT2D eigenvalue weighted by atomic mass is 15.2. The van der Waals surface area contributed by atoms with E-state index in [0.717, 1.165) is 27.5 Å². The van der Waals surface area contributed by atoms with E-state index in [1.165, 1.54) is 60.0 Å². The fourth-order valence-corrected chi connectivity index (χ4v) is 8.16. The molecule has 4 nitrogen and oxygen atoms in total. The Labute approximate surface area is 317 Å². The molecule has 0 saturated carbocycles. The Morgan fingerprint density at radius 3 is 1.65 bits per heavy atom. The predicted octanol–water partition coefficient (Wildman–Crippen LogP) is 13.1. The molecule has 0 unspecified atom stereocenters. The average molecular weight is 701 g/mol. The molecule has 11 rings (SSSR count). The van der Waals surface area contributed by atoms with E-state index >= 15 is 0 Å². The van der Waals surface area contributed by atoms with E-state index in [1.807, 2.05) is 60.7 Å². The van der Waals surface area contributed by atoms with Crippen molar-refractivity contribution in [2.24, 2.45) is 0 Å². The summed E-state index contributed by atoms with van der Waals surface area (Å²) in [6.45, 7) is 0. The van der Waals surface area contributed by atoms with Gasteiger partial charge < -0.3 is 0 Å². The summed E-state index contributed by atoms with van der Waals surface area (Å²) in [7, 11) is 0. The second-order valence-electron chi connectivity index (χ2n) is 14.1. The van der Waals surface area contributed by atoms with E-state index in [4.69, 9.17) is 15.0 Å². The van der Waals surface area contributed by atoms with Crippen LogP contribution in [0.2, 0.25) is 0 Å². The molecule has 0 N–H and O–H groups in total. The first-order valence-electron chi connectivity index (χ1n) is 18.6. The van der Waals surface area contributed by atoms with Crippen LogP contribution in [0.25, 0.3) is 105 Å². The number of para-hydroxylation sites is 1. The van der Waals surface area contributed by atoms with Crippen LogP contribution >= 0.6 is 0 Å². The lowest BCUT2D eigenvalue weighted by Crippen LogP contribution is -2.06. The SMILES string of the molecule is c1ccc(-c2nc(-c3ccccc3)nc(-n3c4ccccc4c4c5ccc(-c6ccc7ccc(-c8cccc9ccccc89)cc7c6)cc5ccc43)n2)cc1. The molecule has 55 heavy (non-hydrogen) atoms. The third-order valence-electron chi connectivity index (χ3n) is 10.8. The third kappa shape index (κ3) is 5.26. The minimum absolute atomic E-state index is 0.592. The van der Waals surface area contributed by atoms with Crippen molar-refractivity contribution in [3.63, 3.8) is 0 Å². The largest absolute Gasteiger partial charge is 0.278 e. The van der Waals surface area contributed by atoms with Crippen LogP contribution in [0.3, 0.4) is 0 Å². The third-order valence-corrected chi connectivity index (χ3v) is 10.8. The molecule has 0 aliphatic heterocycles. The molecule has 0 atom stereocenters. The van der Waals surface area contributed by atoms with Crippen LogP contribution in [-0.2, 0) is 0 Å². The molecule has 2 aromatic heterocycles. The minimum atomic E-state index is 0.592. The maximum atomic E-state index is 5.11. The Morgan fingerprint density at radius 2 is 0.891 bits per heavy atom. The van der Waals surface area contributed by atoms with Crippen molar-refractivity contribution in [3.8, 4) is 51.0 Å². The second-order valence-corrected chi connectivity index (χ2v) is 14.1. The summed E-state index contributed by atoms with van der Waals surface area (Å²) in [6.07, 6.45) is 0. The first-order valence-corrected chi connectivity index (χ1v) is 18.6. The number of nitrogens with zero attached hydrogens (tertiary/aromatic N) is 4. The van der Waals surface area contributed by atoms with Gasteiger partial charge in [0.25, 0.3) is 0 Å². The van der Waals surface area contributed by atoms with Gasteiger partial charge in [0.1, 0.15) is 0 Å². The predicted molar refractivity (Wildman–Crippen MR) is 228 cm³/mol. The molecule has 0 spiro atoms. The maximum absolute atomic E-state index is 5.11. The maximum Gasteiger partial charge on any atom is 0.238 e. The fourth-order valence-electron chi connectivity index (χ4n) is 8.16. The van der Waals surface area contributed by atoms with Gasteiger partial charge in [0.05, 0.1) is 11.0 Å². The molecule has 11 aromatic rings. The van der Waals surface area contributed by atoms with Crippen LogP contribution in [0.1, 0.15) is 0 Å². The molecule has 0 amide bonds. The first kappa shape index (κ1) is 31.1. The number of aromatic nitrogens is 4. The Morgan fingerprint density at radius 1 is 0.309 bits per heavy atom. The van der Waals surface area contributed by atoms with E-state index in [-0.39, 0.29) is 0 Å². The number of fused-ring (bicyclic) bond motifs is 7. The smallest absolute Gasteiger partial charge is 0.238 e. The summed E-state index contributed by atoms with van der Waals surface area (Å²) in [6, 6.07) is 68.9. The molecular weight excluding hydrogens is 669 g/mol. The van der Waals surface area contributed by atoms with E-state index in [9.17, 15) is 0 Å². The van der Waals surface area contributed by atoms with Crippen molar-refractivity contribution in [3.05, 3.63) is 194 Å². The Kier molecular flexibility index (Phi) is 7.14. The Hall–Kier alpha value is -7.43. The summed E-state index contributed by atoms with van der Waals surface area (Å²) in [5.41, 5.74) is 8.85. The van der Waals surface area contributed by atoms with Crippen molar-refractivity contribution in [2.75, 3.05) is 0 Å². The average Bonchev–Trinajstić information content (AvgIpc) is 3.61. The zero-order chi connectivity index (χ0) is 36.3. The van der Waals surface area contributed by atoms with Crippen LogP contribution in [0.4, 0.5) is 0 Å². The Balaban J connectivity index is 1.06. The highest BCUT2D eigenvalue weighted by molar-refractivity contribution is 6.21. The van der Waals surface area contributed by atoms with Gasteiger partial charge >= 0.3 is 0 Å². The van der Waals surface area contributed by atoms with E-state index < -0.39 is 0 Å². The van der Waals surface area contributed by atoms with Crippen molar-refractivity contribution >= 4 is 54.1 Å². The van der Waals surface area contributed by atoms with Gasteiger partial charge in [-0.25, -0.2) is 4.98 Å². The summed E-state index contributed by atoms with van der Waals surface area (Å²) in [4.78, 5) is 15.2. The molecular formula is C51H32N4. The number of rotatable bonds is 5. The van der Waals surface area contributed by atoms with Crippen LogP contribution in [0.5, 0.6) is 0 Å². The molecule has 4 heteroatoms. The van der Waals surface area contributed by atoms with E-state index in [1.54, 1.807) is 0 Å². The molecule has 0 radical (unpaired) electrons. The van der Waals surface area contributed by atoms with Gasteiger partial charge in [-0.15, -0.1) is 0 Å². The van der Waals surface area contributed by atoms with Crippen molar-refractivity contribution in [1.29, 1.82) is 0 Å². The zero-order valence-electron chi connectivity index (χ0n) is 29.8. The molecule has 0 aliphatic rings. The van der Waals surface area contributed by atoms with Crippen LogP contribution in [-0.4, -0.2) is 19.5 Å². The summed E-state index contributed by atoms with van der Waals surface area (Å²) in [5, 5.41) is 9.69. The molecule has 0 fully saturated rings. The fraction of sp³-hybridized carbons (Fsp3) is 0. The van der Waals surface area contributed by atoms with Crippen LogP contribution in [0, 0.1) is 0 Å². The molecule has 0 aliphatic carbocycles. The number of hydrogen-bond acceptors (Lipinski definition) is 3. The van der Waals surface area contributed by atoms with Gasteiger partial charge in [-0.05, 0) is 84.9 Å². The lowest BCUT2D eigenvalue weighted by Gasteiger charge is -2.11. The van der Waals surface area contributed by atoms with Crippen LogP contribution < -0.4 is 0 Å². The topological polar surface area (TPSA) is 43.6 Å². The van der Waals surface area contributed by atoms with E-state index in [0.29, 0.717) is 17.6 Å². The minimum Gasteiger partial charge on any atom is -0.278 e. The first-order chi connectivity index (χ1) is 27.2. The monoisotopic (exact) mass is 700 g/mol. The van der Waals surface area contributed by atoms with Crippen molar-refractivity contribution in [2.45, 2.75) is 0 Å². The molecule has 256 valence electrons. The van der Waals surface area contributed by atoms with Gasteiger partial charge in [0.15, 0.2) is 11.6 Å². The van der Waals surface area contributed by atoms with Crippen molar-refractivity contribution < 1.29 is 0 Å². The Bertz CT molecular complexity index is 3190. The van der Waals surface area contributed by atoms with Gasteiger partial charge in [-0.1, -0.05) is 164 Å². The quantitative estimate of drug-likeness (QED) is 0.179. The summed E-state index contributed by atoms with van der Waals surface area (Å²) < 4.78 is 2.19. The summed E-state index contributed by atoms with van der Waals surface area (Å²) in [5.74, 6) is 1.87. The van der Waals surface area contributed by atoms with Crippen molar-refractivity contribution in [1.82, 2.24) is 19.5 Å². The highest BCUT2D eigenvalue weighted by Crippen LogP contribution is 2.39. The van der Waals surface area contributed by atoms with Gasteiger partial charge in [-0.2, -0.15) is 9.97 Å². The molecule has 9 aromatic carbocycles. The molecule has 0 bridgehead atoms. The van der Waals surface area contributed by atoms with E-state index in [2.05, 4.69) is 138 Å². The standard InChI is InChI=1S/C51H32N4/c1-3-13-35(14-4-1)49-52-50(36-15-5-2-6-16-36)54-51(53-49)55-46-21-10-9-19-45(46)48-44-28-26-38(30-40(44)27-29-47(48)55)37-24-22-33-23-25-39(32-41(33)31-37)43-20-11-17-34-12-7-8-18-42(34)43/h1-32H.